The Balaban J connectivity index is 3.04. The first kappa shape index (κ1) is 19.3. The van der Waals surface area contributed by atoms with E-state index < -0.39 is 0 Å². The minimum absolute atomic E-state index is 0.0434. The fourth-order valence-electron chi connectivity index (χ4n) is 1.38. The van der Waals surface area contributed by atoms with E-state index in [0.29, 0.717) is 46.1 Å². The first-order valence-electron chi connectivity index (χ1n) is 7.51. The molecule has 1 amide bonds. The van der Waals surface area contributed by atoms with Crippen LogP contribution >= 0.6 is 0 Å². The Morgan fingerprint density at radius 2 is 1.45 bits per heavy atom. The molecule has 0 aromatic carbocycles. The summed E-state index contributed by atoms with van der Waals surface area (Å²) in [4.78, 5) is 11.2. The number of nitrogens with one attached hydrogen (secondary N) is 2. The number of hydrogen-bond acceptors (Lipinski definition) is 5. The van der Waals surface area contributed by atoms with E-state index in [9.17, 15) is 4.79 Å². The van der Waals surface area contributed by atoms with Gasteiger partial charge in [-0.2, -0.15) is 0 Å². The van der Waals surface area contributed by atoms with Crippen molar-refractivity contribution in [2.75, 3.05) is 59.3 Å². The minimum atomic E-state index is 0.0434. The van der Waals surface area contributed by atoms with Crippen LogP contribution in [0.1, 0.15) is 26.7 Å². The normalized spacial score (nSPS) is 10.7. The first-order valence-corrected chi connectivity index (χ1v) is 7.51. The maximum Gasteiger partial charge on any atom is 0.222 e. The van der Waals surface area contributed by atoms with Gasteiger partial charge in [0.1, 0.15) is 0 Å². The van der Waals surface area contributed by atoms with Crippen molar-refractivity contribution < 1.29 is 19.0 Å². The van der Waals surface area contributed by atoms with Gasteiger partial charge in [-0.1, -0.05) is 13.8 Å². The van der Waals surface area contributed by atoms with Gasteiger partial charge in [0.15, 0.2) is 0 Å². The average Bonchev–Trinajstić information content (AvgIpc) is 2.46. The molecule has 0 radical (unpaired) electrons. The fraction of sp³-hybridized carbons (Fsp3) is 0.929. The van der Waals surface area contributed by atoms with E-state index in [-0.39, 0.29) is 5.91 Å². The molecule has 20 heavy (non-hydrogen) atoms. The zero-order chi connectivity index (χ0) is 14.9. The van der Waals surface area contributed by atoms with Crippen molar-refractivity contribution in [2.24, 2.45) is 0 Å². The van der Waals surface area contributed by atoms with E-state index in [4.69, 9.17) is 14.2 Å². The molecule has 0 saturated carbocycles. The van der Waals surface area contributed by atoms with Gasteiger partial charge in [0.25, 0.3) is 0 Å². The lowest BCUT2D eigenvalue weighted by Gasteiger charge is -2.07. The van der Waals surface area contributed by atoms with Crippen molar-refractivity contribution in [3.8, 4) is 0 Å². The third kappa shape index (κ3) is 15.4. The van der Waals surface area contributed by atoms with Crippen molar-refractivity contribution in [1.29, 1.82) is 0 Å². The van der Waals surface area contributed by atoms with Crippen LogP contribution in [0.25, 0.3) is 0 Å². The van der Waals surface area contributed by atoms with Gasteiger partial charge in [0.2, 0.25) is 5.91 Å². The third-order valence-electron chi connectivity index (χ3n) is 2.46. The topological polar surface area (TPSA) is 68.8 Å². The molecule has 0 aromatic rings. The Bertz CT molecular complexity index is 215. The van der Waals surface area contributed by atoms with Gasteiger partial charge in [0, 0.05) is 19.5 Å². The maximum atomic E-state index is 11.2. The van der Waals surface area contributed by atoms with Gasteiger partial charge in [-0.3, -0.25) is 4.79 Å². The summed E-state index contributed by atoms with van der Waals surface area (Å²) in [6.07, 6.45) is 1.37. The number of rotatable bonds is 15. The van der Waals surface area contributed by atoms with E-state index in [1.54, 1.807) is 0 Å². The minimum Gasteiger partial charge on any atom is -0.379 e. The van der Waals surface area contributed by atoms with Crippen LogP contribution in [0, 0.1) is 0 Å². The third-order valence-corrected chi connectivity index (χ3v) is 2.46. The van der Waals surface area contributed by atoms with Crippen LogP contribution in [0.15, 0.2) is 0 Å². The zero-order valence-electron chi connectivity index (χ0n) is 12.9. The molecule has 0 aliphatic carbocycles. The molecule has 0 aliphatic heterocycles. The molecule has 0 unspecified atom stereocenters. The molecule has 6 nitrogen and oxygen atoms in total. The lowest BCUT2D eigenvalue weighted by molar-refractivity contribution is -0.122. The van der Waals surface area contributed by atoms with E-state index in [1.807, 2.05) is 6.92 Å². The molecule has 0 fully saturated rings. The van der Waals surface area contributed by atoms with Crippen LogP contribution in [0.3, 0.4) is 0 Å². The predicted octanol–water partition coefficient (Wildman–Crippen LogP) is 0.562. The number of ether oxygens (including phenoxy) is 3. The number of carbonyl (C=O) groups is 1. The SMILES string of the molecule is CCCNC(=O)CCOCCOCCOCCNCC. The molecule has 0 saturated heterocycles. The van der Waals surface area contributed by atoms with Crippen LogP contribution < -0.4 is 10.6 Å². The lowest BCUT2D eigenvalue weighted by Crippen LogP contribution is -2.25. The van der Waals surface area contributed by atoms with Crippen LogP contribution in [-0.2, 0) is 19.0 Å². The van der Waals surface area contributed by atoms with Gasteiger partial charge < -0.3 is 24.8 Å². The average molecular weight is 290 g/mol. The van der Waals surface area contributed by atoms with Crippen molar-refractivity contribution in [1.82, 2.24) is 10.6 Å². The Labute approximate surface area is 122 Å². The maximum absolute atomic E-state index is 11.2. The first-order chi connectivity index (χ1) is 9.81. The molecule has 0 aromatic heterocycles. The molecule has 0 atom stereocenters. The molecule has 6 heteroatoms. The highest BCUT2D eigenvalue weighted by atomic mass is 16.5. The molecule has 0 spiro atoms. The summed E-state index contributed by atoms with van der Waals surface area (Å²) in [5, 5.41) is 5.98. The van der Waals surface area contributed by atoms with Crippen molar-refractivity contribution in [2.45, 2.75) is 26.7 Å². The molecule has 0 rings (SSSR count). The van der Waals surface area contributed by atoms with Gasteiger partial charge >= 0.3 is 0 Å². The Morgan fingerprint density at radius 3 is 2.05 bits per heavy atom. The Morgan fingerprint density at radius 1 is 0.850 bits per heavy atom. The smallest absolute Gasteiger partial charge is 0.222 e. The monoisotopic (exact) mass is 290 g/mol. The highest BCUT2D eigenvalue weighted by Gasteiger charge is 1.99. The van der Waals surface area contributed by atoms with Crippen LogP contribution in [0.5, 0.6) is 0 Å². The summed E-state index contributed by atoms with van der Waals surface area (Å²) in [6.45, 7) is 10.0. The summed E-state index contributed by atoms with van der Waals surface area (Å²) < 4.78 is 16.0. The zero-order valence-corrected chi connectivity index (χ0v) is 12.9. The summed E-state index contributed by atoms with van der Waals surface area (Å²) in [6, 6.07) is 0. The molecule has 0 heterocycles. The van der Waals surface area contributed by atoms with Gasteiger partial charge in [-0.05, 0) is 13.0 Å². The number of hydrogen-bond donors (Lipinski definition) is 2. The van der Waals surface area contributed by atoms with Gasteiger partial charge in [-0.25, -0.2) is 0 Å². The van der Waals surface area contributed by atoms with Gasteiger partial charge in [0.05, 0.1) is 39.6 Å². The van der Waals surface area contributed by atoms with Crippen molar-refractivity contribution in [3.05, 3.63) is 0 Å². The fourth-order valence-corrected chi connectivity index (χ4v) is 1.38. The largest absolute Gasteiger partial charge is 0.379 e. The van der Waals surface area contributed by atoms with Gasteiger partial charge in [-0.15, -0.1) is 0 Å². The number of amides is 1. The summed E-state index contributed by atoms with van der Waals surface area (Å²) >= 11 is 0. The van der Waals surface area contributed by atoms with E-state index in [1.165, 1.54) is 0 Å². The number of carbonyl (C=O) groups excluding carboxylic acids is 1. The quantitative estimate of drug-likeness (QED) is 0.431. The van der Waals surface area contributed by atoms with Crippen molar-refractivity contribution in [3.63, 3.8) is 0 Å². The van der Waals surface area contributed by atoms with E-state index in [2.05, 4.69) is 17.6 Å². The molecule has 2 N–H and O–H groups in total. The standard InChI is InChI=1S/C14H30N2O4/c1-3-6-16-14(17)5-8-18-10-12-20-13-11-19-9-7-15-4-2/h15H,3-13H2,1-2H3,(H,16,17). The van der Waals surface area contributed by atoms with Crippen LogP contribution in [0.4, 0.5) is 0 Å². The highest BCUT2D eigenvalue weighted by Crippen LogP contribution is 1.85. The molecule has 0 bridgehead atoms. The number of likely N-dealkylation sites (N-methyl/N-ethyl adjacent to an activating group) is 1. The second-order valence-electron chi connectivity index (χ2n) is 4.29. The van der Waals surface area contributed by atoms with Crippen molar-refractivity contribution >= 4 is 5.91 Å². The molecular formula is C14H30N2O4. The summed E-state index contributed by atoms with van der Waals surface area (Å²) in [7, 11) is 0. The molecule has 0 aliphatic rings. The van der Waals surface area contributed by atoms with Crippen LogP contribution in [0.2, 0.25) is 0 Å². The predicted molar refractivity (Wildman–Crippen MR) is 78.9 cm³/mol. The Hall–Kier alpha value is -0.690. The Kier molecular flexibility index (Phi) is 15.8. The lowest BCUT2D eigenvalue weighted by atomic mass is 10.4. The van der Waals surface area contributed by atoms with Crippen LogP contribution in [-0.4, -0.2) is 65.2 Å². The summed E-state index contributed by atoms with van der Waals surface area (Å²) in [5.74, 6) is 0.0434. The molecular weight excluding hydrogens is 260 g/mol. The van der Waals surface area contributed by atoms with E-state index >= 15 is 0 Å². The van der Waals surface area contributed by atoms with E-state index in [0.717, 1.165) is 26.1 Å². The second kappa shape index (κ2) is 16.4. The second-order valence-corrected chi connectivity index (χ2v) is 4.29. The summed E-state index contributed by atoms with van der Waals surface area (Å²) in [5.41, 5.74) is 0. The molecule has 120 valence electrons. The highest BCUT2D eigenvalue weighted by molar-refractivity contribution is 5.75.